The molecule has 0 heterocycles. The van der Waals surface area contributed by atoms with E-state index in [2.05, 4.69) is 21.2 Å². The molecule has 0 amide bonds. The number of nitrogens with one attached hydrogen (secondary N) is 1. The Morgan fingerprint density at radius 2 is 2.05 bits per heavy atom. The average molecular weight is 325 g/mol. The molecule has 4 nitrogen and oxygen atoms in total. The predicted molar refractivity (Wildman–Crippen MR) is 74.5 cm³/mol. The Balaban J connectivity index is 2.15. The Kier molecular flexibility index (Phi) is 4.11. The van der Waals surface area contributed by atoms with E-state index in [9.17, 15) is 14.5 Å². The van der Waals surface area contributed by atoms with Crippen molar-refractivity contribution in [3.05, 3.63) is 68.4 Å². The molecule has 0 fully saturated rings. The minimum absolute atomic E-state index is 0.120. The van der Waals surface area contributed by atoms with Crippen molar-refractivity contribution >= 4 is 27.3 Å². The summed E-state index contributed by atoms with van der Waals surface area (Å²) in [5.74, 6) is -0.513. The van der Waals surface area contributed by atoms with Gasteiger partial charge in [-0.15, -0.1) is 0 Å². The first-order chi connectivity index (χ1) is 9.06. The number of anilines is 1. The molecule has 0 saturated carbocycles. The van der Waals surface area contributed by atoms with Gasteiger partial charge in [-0.25, -0.2) is 4.39 Å². The summed E-state index contributed by atoms with van der Waals surface area (Å²) < 4.78 is 14.4. The van der Waals surface area contributed by atoms with Crippen molar-refractivity contribution in [2.24, 2.45) is 0 Å². The van der Waals surface area contributed by atoms with Crippen LogP contribution in [0.3, 0.4) is 0 Å². The minimum atomic E-state index is -0.552. The number of nitrogens with zero attached hydrogens (tertiary/aromatic N) is 1. The van der Waals surface area contributed by atoms with Crippen molar-refractivity contribution < 1.29 is 9.31 Å². The van der Waals surface area contributed by atoms with Crippen LogP contribution in [0.2, 0.25) is 0 Å². The monoisotopic (exact) mass is 324 g/mol. The number of hydrogen-bond donors (Lipinski definition) is 1. The van der Waals surface area contributed by atoms with Crippen LogP contribution in [-0.2, 0) is 6.54 Å². The molecule has 2 rings (SSSR count). The van der Waals surface area contributed by atoms with Crippen molar-refractivity contribution in [1.82, 2.24) is 0 Å². The lowest BCUT2D eigenvalue weighted by Gasteiger charge is -2.07. The molecule has 0 bridgehead atoms. The third-order valence-corrected chi connectivity index (χ3v) is 3.03. The van der Waals surface area contributed by atoms with Gasteiger partial charge in [-0.1, -0.05) is 28.1 Å². The molecule has 0 unspecified atom stereocenters. The number of non-ortho nitro benzene ring substituents is 1. The van der Waals surface area contributed by atoms with Gasteiger partial charge < -0.3 is 5.32 Å². The molecule has 0 aliphatic carbocycles. The van der Waals surface area contributed by atoms with Gasteiger partial charge in [0.15, 0.2) is 0 Å². The highest BCUT2D eigenvalue weighted by molar-refractivity contribution is 9.10. The number of nitro benzene ring substituents is 1. The second-order valence-electron chi connectivity index (χ2n) is 3.90. The Labute approximate surface area is 117 Å². The maximum Gasteiger partial charge on any atom is 0.271 e. The van der Waals surface area contributed by atoms with Crippen molar-refractivity contribution in [2.45, 2.75) is 6.54 Å². The largest absolute Gasteiger partial charge is 0.378 e. The quantitative estimate of drug-likeness (QED) is 0.680. The van der Waals surface area contributed by atoms with Crippen molar-refractivity contribution in [3.63, 3.8) is 0 Å². The molecule has 2 aromatic rings. The lowest BCUT2D eigenvalue weighted by Crippen LogP contribution is -2.02. The predicted octanol–water partition coefficient (Wildman–Crippen LogP) is 4.11. The second-order valence-corrected chi connectivity index (χ2v) is 4.82. The van der Waals surface area contributed by atoms with Gasteiger partial charge in [0.1, 0.15) is 5.82 Å². The molecule has 0 spiro atoms. The van der Waals surface area contributed by atoms with Crippen LogP contribution in [0.25, 0.3) is 0 Å². The number of hydrogen-bond acceptors (Lipinski definition) is 3. The number of benzene rings is 2. The van der Waals surface area contributed by atoms with Crippen molar-refractivity contribution in [1.29, 1.82) is 0 Å². The first-order valence-corrected chi connectivity index (χ1v) is 6.28. The van der Waals surface area contributed by atoms with Crippen LogP contribution in [0.5, 0.6) is 0 Å². The molecule has 2 aromatic carbocycles. The van der Waals surface area contributed by atoms with Gasteiger partial charge in [0, 0.05) is 23.2 Å². The van der Waals surface area contributed by atoms with Crippen LogP contribution in [-0.4, -0.2) is 4.92 Å². The van der Waals surface area contributed by atoms with Gasteiger partial charge >= 0.3 is 0 Å². The standard InChI is InChI=1S/C13H10BrFN2O2/c14-10-3-1-2-9(6-10)8-16-13-7-11(17(18)19)4-5-12(13)15/h1-7,16H,8H2. The Hall–Kier alpha value is -1.95. The highest BCUT2D eigenvalue weighted by atomic mass is 79.9. The third-order valence-electron chi connectivity index (χ3n) is 2.53. The van der Waals surface area contributed by atoms with Crippen molar-refractivity contribution in [2.75, 3.05) is 5.32 Å². The van der Waals surface area contributed by atoms with E-state index in [1.807, 2.05) is 24.3 Å². The summed E-state index contributed by atoms with van der Waals surface area (Å²) in [6.45, 7) is 0.386. The van der Waals surface area contributed by atoms with Gasteiger partial charge in [-0.2, -0.15) is 0 Å². The average Bonchev–Trinajstić information content (AvgIpc) is 2.37. The van der Waals surface area contributed by atoms with Gasteiger partial charge in [-0.3, -0.25) is 10.1 Å². The fraction of sp³-hybridized carbons (Fsp3) is 0.0769. The van der Waals surface area contributed by atoms with E-state index in [1.54, 1.807) is 0 Å². The van der Waals surface area contributed by atoms with Crippen LogP contribution in [0.4, 0.5) is 15.8 Å². The summed E-state index contributed by atoms with van der Waals surface area (Å²) in [4.78, 5) is 10.1. The lowest BCUT2D eigenvalue weighted by molar-refractivity contribution is -0.384. The Bertz CT molecular complexity index is 619. The zero-order valence-electron chi connectivity index (χ0n) is 9.77. The third kappa shape index (κ3) is 3.51. The van der Waals surface area contributed by atoms with E-state index < -0.39 is 10.7 Å². The van der Waals surface area contributed by atoms with E-state index in [4.69, 9.17) is 0 Å². The van der Waals surface area contributed by atoms with Crippen LogP contribution in [0.15, 0.2) is 46.9 Å². The first kappa shape index (κ1) is 13.5. The van der Waals surface area contributed by atoms with Gasteiger partial charge in [0.2, 0.25) is 0 Å². The zero-order chi connectivity index (χ0) is 13.8. The summed E-state index contributed by atoms with van der Waals surface area (Å²) in [6.07, 6.45) is 0. The molecule has 0 aliphatic heterocycles. The van der Waals surface area contributed by atoms with Crippen LogP contribution in [0.1, 0.15) is 5.56 Å². The summed E-state index contributed by atoms with van der Waals surface area (Å²) in [5, 5.41) is 13.5. The van der Waals surface area contributed by atoms with Gasteiger partial charge in [0.05, 0.1) is 10.6 Å². The topological polar surface area (TPSA) is 55.2 Å². The number of halogens is 2. The van der Waals surface area contributed by atoms with Crippen LogP contribution >= 0.6 is 15.9 Å². The van der Waals surface area contributed by atoms with Crippen LogP contribution < -0.4 is 5.32 Å². The summed E-state index contributed by atoms with van der Waals surface area (Å²) in [6, 6.07) is 10.9. The summed E-state index contributed by atoms with van der Waals surface area (Å²) >= 11 is 3.34. The molecule has 0 radical (unpaired) electrons. The minimum Gasteiger partial charge on any atom is -0.378 e. The molecule has 0 saturated heterocycles. The fourth-order valence-electron chi connectivity index (χ4n) is 1.61. The highest BCUT2D eigenvalue weighted by Gasteiger charge is 2.10. The molecule has 19 heavy (non-hydrogen) atoms. The van der Waals surface area contributed by atoms with E-state index >= 15 is 0 Å². The Morgan fingerprint density at radius 1 is 1.26 bits per heavy atom. The second kappa shape index (κ2) is 5.79. The van der Waals surface area contributed by atoms with E-state index in [-0.39, 0.29) is 11.4 Å². The molecule has 0 aliphatic rings. The van der Waals surface area contributed by atoms with Crippen molar-refractivity contribution in [3.8, 4) is 0 Å². The van der Waals surface area contributed by atoms with E-state index in [0.717, 1.165) is 22.2 Å². The number of nitro groups is 1. The van der Waals surface area contributed by atoms with E-state index in [0.29, 0.717) is 6.54 Å². The summed E-state index contributed by atoms with van der Waals surface area (Å²) in [7, 11) is 0. The smallest absolute Gasteiger partial charge is 0.271 e. The molecule has 6 heteroatoms. The highest BCUT2D eigenvalue weighted by Crippen LogP contribution is 2.22. The maximum absolute atomic E-state index is 13.5. The molecule has 0 aromatic heterocycles. The SMILES string of the molecule is O=[N+]([O-])c1ccc(F)c(NCc2cccc(Br)c2)c1. The first-order valence-electron chi connectivity index (χ1n) is 5.48. The van der Waals surface area contributed by atoms with Gasteiger partial charge in [-0.05, 0) is 23.8 Å². The van der Waals surface area contributed by atoms with Gasteiger partial charge in [0.25, 0.3) is 5.69 Å². The van der Waals surface area contributed by atoms with E-state index in [1.165, 1.54) is 6.07 Å². The zero-order valence-corrected chi connectivity index (χ0v) is 11.4. The molecule has 0 atom stereocenters. The Morgan fingerprint density at radius 3 is 2.74 bits per heavy atom. The molecule has 98 valence electrons. The molecular weight excluding hydrogens is 315 g/mol. The lowest BCUT2D eigenvalue weighted by atomic mass is 10.2. The molecule has 1 N–H and O–H groups in total. The number of rotatable bonds is 4. The van der Waals surface area contributed by atoms with Crippen LogP contribution in [0, 0.1) is 15.9 Å². The normalized spacial score (nSPS) is 10.2. The summed E-state index contributed by atoms with van der Waals surface area (Å²) in [5.41, 5.74) is 0.924. The molecular formula is C13H10BrFN2O2. The maximum atomic E-state index is 13.5. The fourth-order valence-corrected chi connectivity index (χ4v) is 2.05.